The van der Waals surface area contributed by atoms with Gasteiger partial charge in [-0.2, -0.15) is 13.2 Å². The second-order valence-corrected chi connectivity index (χ2v) is 7.77. The van der Waals surface area contributed by atoms with Gasteiger partial charge in [0.25, 0.3) is 5.91 Å². The number of nitrogens with one attached hydrogen (secondary N) is 2. The first kappa shape index (κ1) is 23.0. The van der Waals surface area contributed by atoms with Gasteiger partial charge in [-0.1, -0.05) is 6.07 Å². The summed E-state index contributed by atoms with van der Waals surface area (Å²) in [6.07, 6.45) is 0.0206. The molecule has 0 saturated heterocycles. The number of hydrogen-bond acceptors (Lipinski definition) is 6. The second kappa shape index (κ2) is 9.00. The summed E-state index contributed by atoms with van der Waals surface area (Å²) in [6.45, 7) is -0.173. The fourth-order valence-electron chi connectivity index (χ4n) is 3.23. The molecule has 1 aromatic heterocycles. The zero-order chi connectivity index (χ0) is 24.3. The lowest BCUT2D eigenvalue weighted by Crippen LogP contribution is -2.48. The van der Waals surface area contributed by atoms with Gasteiger partial charge in [-0.3, -0.25) is 9.59 Å². The van der Waals surface area contributed by atoms with E-state index in [0.717, 1.165) is 6.07 Å². The van der Waals surface area contributed by atoms with Crippen molar-refractivity contribution in [2.24, 2.45) is 0 Å². The summed E-state index contributed by atoms with van der Waals surface area (Å²) in [7, 11) is 0. The van der Waals surface area contributed by atoms with Gasteiger partial charge in [0.05, 0.1) is 11.1 Å². The van der Waals surface area contributed by atoms with Crippen LogP contribution in [-0.4, -0.2) is 32.4 Å². The predicted molar refractivity (Wildman–Crippen MR) is 113 cm³/mol. The number of rotatable bonds is 7. The number of carbonyl (C=O) groups is 2. The van der Waals surface area contributed by atoms with Crippen LogP contribution in [0.4, 0.5) is 13.2 Å². The molecule has 0 atom stereocenters. The fraction of sp³-hybridized carbons (Fsp3) is 0.217. The number of hydrogen-bond donors (Lipinski definition) is 3. The van der Waals surface area contributed by atoms with Crippen molar-refractivity contribution in [3.8, 4) is 17.2 Å². The molecule has 0 spiro atoms. The summed E-state index contributed by atoms with van der Waals surface area (Å²) in [5.74, 6) is -1.33. The van der Waals surface area contributed by atoms with Crippen LogP contribution in [-0.2, 0) is 17.5 Å². The van der Waals surface area contributed by atoms with Crippen LogP contribution in [0.1, 0.15) is 34.3 Å². The summed E-state index contributed by atoms with van der Waals surface area (Å²) in [6, 6.07) is 8.75. The molecule has 1 aliphatic carbocycles. The molecule has 11 heteroatoms. The lowest BCUT2D eigenvalue weighted by Gasteiger charge is -2.18. The van der Waals surface area contributed by atoms with Gasteiger partial charge >= 0.3 is 6.18 Å². The minimum absolute atomic E-state index is 0.0452. The van der Waals surface area contributed by atoms with Gasteiger partial charge < -0.3 is 20.5 Å². The van der Waals surface area contributed by atoms with Crippen LogP contribution in [0.15, 0.2) is 61.2 Å². The standard InChI is InChI=1S/C23H19F3N4O4/c24-23(25,26)18-9-14(1-6-19(18)34-17-4-2-16(31)3-5-17)10-29-21(33)22(7-8-22)30-20(32)15-11-27-13-28-12-15/h1-6,9,11-13,31H,7-8,10H2,(H,29,33)(H,30,32). The normalized spacial score (nSPS) is 14.2. The third-order valence-electron chi connectivity index (χ3n) is 5.23. The van der Waals surface area contributed by atoms with Crippen LogP contribution in [0, 0.1) is 0 Å². The number of phenols is 1. The Morgan fingerprint density at radius 1 is 1.06 bits per heavy atom. The quantitative estimate of drug-likeness (QED) is 0.485. The molecule has 1 heterocycles. The zero-order valence-corrected chi connectivity index (χ0v) is 17.6. The van der Waals surface area contributed by atoms with Crippen LogP contribution in [0.3, 0.4) is 0 Å². The van der Waals surface area contributed by atoms with Crippen molar-refractivity contribution >= 4 is 11.8 Å². The van der Waals surface area contributed by atoms with Crippen LogP contribution < -0.4 is 15.4 Å². The number of ether oxygens (including phenoxy) is 1. The van der Waals surface area contributed by atoms with Gasteiger partial charge in [0.15, 0.2) is 0 Å². The summed E-state index contributed by atoms with van der Waals surface area (Å²) < 4.78 is 46.2. The number of alkyl halides is 3. The first-order valence-corrected chi connectivity index (χ1v) is 10.2. The van der Waals surface area contributed by atoms with Crippen molar-refractivity contribution in [2.75, 3.05) is 0 Å². The molecule has 1 fully saturated rings. The minimum atomic E-state index is -4.70. The maximum atomic E-state index is 13.6. The smallest absolute Gasteiger partial charge is 0.419 e. The molecule has 0 unspecified atom stereocenters. The molecule has 34 heavy (non-hydrogen) atoms. The number of amides is 2. The molecule has 4 rings (SSSR count). The monoisotopic (exact) mass is 472 g/mol. The Kier molecular flexibility index (Phi) is 6.10. The SMILES string of the molecule is O=C(NC1(C(=O)NCc2ccc(Oc3ccc(O)cc3)c(C(F)(F)F)c2)CC1)c1cncnc1. The molecule has 1 aliphatic rings. The Bertz CT molecular complexity index is 1200. The molecule has 3 aromatic rings. The summed E-state index contributed by atoms with van der Waals surface area (Å²) in [5.41, 5.74) is -1.72. The maximum absolute atomic E-state index is 13.6. The van der Waals surface area contributed by atoms with E-state index in [-0.39, 0.29) is 29.2 Å². The summed E-state index contributed by atoms with van der Waals surface area (Å²) >= 11 is 0. The Morgan fingerprint density at radius 2 is 1.74 bits per heavy atom. The molecule has 176 valence electrons. The maximum Gasteiger partial charge on any atom is 0.419 e. The fourth-order valence-corrected chi connectivity index (χ4v) is 3.23. The van der Waals surface area contributed by atoms with E-state index in [1.165, 1.54) is 55.1 Å². The Balaban J connectivity index is 1.44. The van der Waals surface area contributed by atoms with Crippen LogP contribution >= 0.6 is 0 Å². The molecular weight excluding hydrogens is 453 g/mol. The van der Waals surface area contributed by atoms with E-state index >= 15 is 0 Å². The highest BCUT2D eigenvalue weighted by Crippen LogP contribution is 2.39. The summed E-state index contributed by atoms with van der Waals surface area (Å²) in [4.78, 5) is 32.5. The number of phenolic OH excluding ortho intramolecular Hbond substituents is 1. The van der Waals surface area contributed by atoms with Crippen LogP contribution in [0.2, 0.25) is 0 Å². The van der Waals surface area contributed by atoms with Gasteiger partial charge in [-0.05, 0) is 54.8 Å². The first-order chi connectivity index (χ1) is 16.2. The number of halogens is 3. The van der Waals surface area contributed by atoms with E-state index in [1.54, 1.807) is 0 Å². The number of nitrogens with zero attached hydrogens (tertiary/aromatic N) is 2. The highest BCUT2D eigenvalue weighted by Gasteiger charge is 2.51. The molecule has 2 amide bonds. The second-order valence-electron chi connectivity index (χ2n) is 7.77. The molecule has 3 N–H and O–H groups in total. The number of benzene rings is 2. The van der Waals surface area contributed by atoms with E-state index in [9.17, 15) is 27.9 Å². The molecule has 1 saturated carbocycles. The molecular formula is C23H19F3N4O4. The van der Waals surface area contributed by atoms with Gasteiger partial charge in [0.2, 0.25) is 5.91 Å². The highest BCUT2D eigenvalue weighted by atomic mass is 19.4. The molecule has 8 nitrogen and oxygen atoms in total. The van der Waals surface area contributed by atoms with Crippen molar-refractivity contribution in [2.45, 2.75) is 31.1 Å². The Labute approximate surface area is 191 Å². The zero-order valence-electron chi connectivity index (χ0n) is 17.6. The van der Waals surface area contributed by atoms with Gasteiger partial charge in [-0.15, -0.1) is 0 Å². The van der Waals surface area contributed by atoms with E-state index in [4.69, 9.17) is 4.74 Å². The highest BCUT2D eigenvalue weighted by molar-refractivity contribution is 6.00. The average Bonchev–Trinajstić information content (AvgIpc) is 3.60. The molecule has 0 bridgehead atoms. The van der Waals surface area contributed by atoms with Gasteiger partial charge in [0, 0.05) is 18.9 Å². The largest absolute Gasteiger partial charge is 0.508 e. The number of aromatic nitrogens is 2. The van der Waals surface area contributed by atoms with Crippen molar-refractivity contribution < 1.29 is 32.6 Å². The number of carbonyl (C=O) groups excluding carboxylic acids is 2. The predicted octanol–water partition coefficient (Wildman–Crippen LogP) is 3.57. The van der Waals surface area contributed by atoms with Crippen molar-refractivity contribution in [1.29, 1.82) is 0 Å². The first-order valence-electron chi connectivity index (χ1n) is 10.2. The van der Waals surface area contributed by atoms with E-state index < -0.39 is 34.8 Å². The van der Waals surface area contributed by atoms with Gasteiger partial charge in [0.1, 0.15) is 29.1 Å². The third-order valence-corrected chi connectivity index (χ3v) is 5.23. The van der Waals surface area contributed by atoms with Crippen molar-refractivity contribution in [1.82, 2.24) is 20.6 Å². The Hall–Kier alpha value is -4.15. The Morgan fingerprint density at radius 3 is 2.35 bits per heavy atom. The molecule has 0 aliphatic heterocycles. The van der Waals surface area contributed by atoms with Crippen molar-refractivity contribution in [3.63, 3.8) is 0 Å². The lowest BCUT2D eigenvalue weighted by atomic mass is 10.1. The lowest BCUT2D eigenvalue weighted by molar-refractivity contribution is -0.138. The van der Waals surface area contributed by atoms with E-state index in [1.807, 2.05) is 0 Å². The third kappa shape index (κ3) is 5.25. The average molecular weight is 472 g/mol. The van der Waals surface area contributed by atoms with Crippen molar-refractivity contribution in [3.05, 3.63) is 77.9 Å². The van der Waals surface area contributed by atoms with Gasteiger partial charge in [-0.25, -0.2) is 9.97 Å². The summed E-state index contributed by atoms with van der Waals surface area (Å²) in [5, 5.41) is 14.6. The van der Waals surface area contributed by atoms with Crippen LogP contribution in [0.25, 0.3) is 0 Å². The topological polar surface area (TPSA) is 113 Å². The van der Waals surface area contributed by atoms with E-state index in [0.29, 0.717) is 12.8 Å². The molecule has 0 radical (unpaired) electrons. The number of aromatic hydroxyl groups is 1. The molecule has 2 aromatic carbocycles. The van der Waals surface area contributed by atoms with Crippen LogP contribution in [0.5, 0.6) is 17.2 Å². The minimum Gasteiger partial charge on any atom is -0.508 e. The van der Waals surface area contributed by atoms with E-state index in [2.05, 4.69) is 20.6 Å².